The number of nitrogens with zero attached hydrogens (tertiary/aromatic N) is 1. The van der Waals surface area contributed by atoms with Crippen molar-refractivity contribution in [3.05, 3.63) is 29.3 Å². The Hall–Kier alpha value is -0.980. The van der Waals surface area contributed by atoms with E-state index >= 15 is 0 Å². The predicted molar refractivity (Wildman–Crippen MR) is 72.0 cm³/mol. The van der Waals surface area contributed by atoms with Gasteiger partial charge in [-0.15, -0.1) is 11.8 Å². The van der Waals surface area contributed by atoms with Gasteiger partial charge in [-0.25, -0.2) is 0 Å². The Labute approximate surface area is 107 Å². The van der Waals surface area contributed by atoms with Crippen molar-refractivity contribution in [2.24, 2.45) is 0 Å². The molecule has 1 saturated carbocycles. The number of hydrogen-bond acceptors (Lipinski definition) is 3. The molecule has 0 saturated heterocycles. The molecular weight excluding hydrogens is 228 g/mol. The molecule has 17 heavy (non-hydrogen) atoms. The van der Waals surface area contributed by atoms with Crippen molar-refractivity contribution in [3.63, 3.8) is 0 Å². The van der Waals surface area contributed by atoms with Crippen LogP contribution >= 0.6 is 11.8 Å². The molecule has 0 spiro atoms. The van der Waals surface area contributed by atoms with Crippen LogP contribution in [0.4, 0.5) is 0 Å². The molecule has 0 aromatic heterocycles. The molecule has 0 amide bonds. The maximum Gasteiger partial charge on any atom is 0.100 e. The van der Waals surface area contributed by atoms with Gasteiger partial charge in [0.1, 0.15) is 6.07 Å². The maximum absolute atomic E-state index is 9.16. The van der Waals surface area contributed by atoms with Crippen molar-refractivity contribution >= 4 is 11.8 Å². The molecule has 1 aromatic rings. The fourth-order valence-electron chi connectivity index (χ4n) is 1.68. The van der Waals surface area contributed by atoms with Gasteiger partial charge in [0.15, 0.2) is 0 Å². The number of nitriles is 1. The topological polar surface area (TPSA) is 35.8 Å². The molecule has 0 heterocycles. The summed E-state index contributed by atoms with van der Waals surface area (Å²) >= 11 is 1.75. The third-order valence-electron chi connectivity index (χ3n) is 2.70. The fourth-order valence-corrected chi connectivity index (χ4v) is 2.57. The highest BCUT2D eigenvalue weighted by molar-refractivity contribution is 8.00. The minimum Gasteiger partial charge on any atom is -0.310 e. The van der Waals surface area contributed by atoms with E-state index in [1.807, 2.05) is 6.07 Å². The zero-order valence-electron chi connectivity index (χ0n) is 10.4. The lowest BCUT2D eigenvalue weighted by Gasteiger charge is -2.09. The molecule has 0 bridgehead atoms. The summed E-state index contributed by atoms with van der Waals surface area (Å²) in [5, 5.41) is 13.1. The molecule has 1 N–H and O–H groups in total. The minimum absolute atomic E-state index is 0.512. The highest BCUT2D eigenvalue weighted by atomic mass is 32.2. The number of nitrogens with one attached hydrogen (secondary N) is 1. The van der Waals surface area contributed by atoms with Crippen LogP contribution in [0.3, 0.4) is 0 Å². The summed E-state index contributed by atoms with van der Waals surface area (Å²) in [6.45, 7) is 5.18. The van der Waals surface area contributed by atoms with Crippen molar-refractivity contribution < 1.29 is 0 Å². The smallest absolute Gasteiger partial charge is 0.100 e. The second-order valence-corrected chi connectivity index (χ2v) is 6.38. The lowest BCUT2D eigenvalue weighted by molar-refractivity contribution is 0.687. The highest BCUT2D eigenvalue weighted by Crippen LogP contribution is 2.27. The summed E-state index contributed by atoms with van der Waals surface area (Å²) in [7, 11) is 0. The second-order valence-electron chi connectivity index (χ2n) is 4.76. The average Bonchev–Trinajstić information content (AvgIpc) is 3.11. The standard InChI is InChI=1S/C14H18N2S/c1-10(2)17-14-6-3-11(7-12(14)8-15)9-16-13-4-5-13/h3,6-7,10,13,16H,4-5,9H2,1-2H3. The van der Waals surface area contributed by atoms with E-state index in [2.05, 4.69) is 37.4 Å². The van der Waals surface area contributed by atoms with E-state index < -0.39 is 0 Å². The van der Waals surface area contributed by atoms with Crippen LogP contribution in [-0.2, 0) is 6.54 Å². The Morgan fingerprint density at radius 3 is 2.82 bits per heavy atom. The summed E-state index contributed by atoms with van der Waals surface area (Å²) in [6, 6.07) is 9.23. The van der Waals surface area contributed by atoms with Gasteiger partial charge in [-0.05, 0) is 30.5 Å². The molecule has 0 unspecified atom stereocenters. The average molecular weight is 246 g/mol. The van der Waals surface area contributed by atoms with Crippen LogP contribution in [0.1, 0.15) is 37.8 Å². The molecule has 1 aliphatic rings. The third-order valence-corrected chi connectivity index (χ3v) is 3.78. The molecule has 1 aliphatic carbocycles. The summed E-state index contributed by atoms with van der Waals surface area (Å²) in [6.07, 6.45) is 2.60. The van der Waals surface area contributed by atoms with Crippen molar-refractivity contribution in [1.82, 2.24) is 5.32 Å². The van der Waals surface area contributed by atoms with Gasteiger partial charge in [-0.3, -0.25) is 0 Å². The summed E-state index contributed by atoms with van der Waals surface area (Å²) in [5.41, 5.74) is 2.01. The van der Waals surface area contributed by atoms with Crippen LogP contribution in [-0.4, -0.2) is 11.3 Å². The molecule has 90 valence electrons. The Bertz CT molecular complexity index is 430. The van der Waals surface area contributed by atoms with E-state index in [1.165, 1.54) is 18.4 Å². The van der Waals surface area contributed by atoms with Gasteiger partial charge in [-0.2, -0.15) is 5.26 Å². The molecule has 0 atom stereocenters. The first kappa shape index (κ1) is 12.5. The molecule has 0 radical (unpaired) electrons. The van der Waals surface area contributed by atoms with Crippen LogP contribution in [0.2, 0.25) is 0 Å². The summed E-state index contributed by atoms with van der Waals surface area (Å²) in [4.78, 5) is 1.10. The van der Waals surface area contributed by atoms with Gasteiger partial charge in [0.2, 0.25) is 0 Å². The quantitative estimate of drug-likeness (QED) is 0.810. The minimum atomic E-state index is 0.512. The normalized spacial score (nSPS) is 14.9. The fraction of sp³-hybridized carbons (Fsp3) is 0.500. The zero-order valence-corrected chi connectivity index (χ0v) is 11.2. The molecule has 2 rings (SSSR count). The lowest BCUT2D eigenvalue weighted by atomic mass is 10.1. The molecule has 3 heteroatoms. The monoisotopic (exact) mass is 246 g/mol. The number of hydrogen-bond donors (Lipinski definition) is 1. The van der Waals surface area contributed by atoms with Gasteiger partial charge in [0.05, 0.1) is 5.56 Å². The first-order valence-electron chi connectivity index (χ1n) is 6.12. The Kier molecular flexibility index (Phi) is 4.09. The maximum atomic E-state index is 9.16. The molecule has 2 nitrogen and oxygen atoms in total. The summed E-state index contributed by atoms with van der Waals surface area (Å²) < 4.78 is 0. The van der Waals surface area contributed by atoms with E-state index in [0.717, 1.165) is 17.0 Å². The van der Waals surface area contributed by atoms with E-state index in [1.54, 1.807) is 11.8 Å². The van der Waals surface area contributed by atoms with E-state index in [-0.39, 0.29) is 0 Å². The molecular formula is C14H18N2S. The third kappa shape index (κ3) is 3.76. The highest BCUT2D eigenvalue weighted by Gasteiger charge is 2.20. The predicted octanol–water partition coefficient (Wildman–Crippen LogP) is 3.31. The molecule has 0 aliphatic heterocycles. The Morgan fingerprint density at radius 2 is 2.24 bits per heavy atom. The van der Waals surface area contributed by atoms with Crippen molar-refractivity contribution in [3.8, 4) is 6.07 Å². The first-order valence-corrected chi connectivity index (χ1v) is 7.00. The summed E-state index contributed by atoms with van der Waals surface area (Å²) in [5.74, 6) is 0. The van der Waals surface area contributed by atoms with Crippen LogP contribution in [0.25, 0.3) is 0 Å². The number of thioether (sulfide) groups is 1. The van der Waals surface area contributed by atoms with Gasteiger partial charge in [0, 0.05) is 22.7 Å². The number of rotatable bonds is 5. The van der Waals surface area contributed by atoms with Crippen molar-refractivity contribution in [2.75, 3.05) is 0 Å². The number of benzene rings is 1. The van der Waals surface area contributed by atoms with E-state index in [9.17, 15) is 0 Å². The van der Waals surface area contributed by atoms with Gasteiger partial charge < -0.3 is 5.32 Å². The Balaban J connectivity index is 2.06. The van der Waals surface area contributed by atoms with Crippen LogP contribution in [0.15, 0.2) is 23.1 Å². The van der Waals surface area contributed by atoms with Gasteiger partial charge in [-0.1, -0.05) is 19.9 Å². The zero-order chi connectivity index (χ0) is 12.3. The van der Waals surface area contributed by atoms with Crippen LogP contribution in [0.5, 0.6) is 0 Å². The second kappa shape index (κ2) is 5.57. The molecule has 1 fully saturated rings. The van der Waals surface area contributed by atoms with Crippen LogP contribution in [0, 0.1) is 11.3 Å². The SMILES string of the molecule is CC(C)Sc1ccc(CNC2CC2)cc1C#N. The van der Waals surface area contributed by atoms with E-state index in [4.69, 9.17) is 5.26 Å². The Morgan fingerprint density at radius 1 is 1.47 bits per heavy atom. The van der Waals surface area contributed by atoms with E-state index in [0.29, 0.717) is 11.3 Å². The largest absolute Gasteiger partial charge is 0.310 e. The van der Waals surface area contributed by atoms with Crippen molar-refractivity contribution in [1.29, 1.82) is 5.26 Å². The first-order chi connectivity index (χ1) is 8.19. The van der Waals surface area contributed by atoms with Gasteiger partial charge in [0.25, 0.3) is 0 Å². The van der Waals surface area contributed by atoms with Gasteiger partial charge >= 0.3 is 0 Å². The lowest BCUT2D eigenvalue weighted by Crippen LogP contribution is -2.15. The molecule has 1 aromatic carbocycles. The van der Waals surface area contributed by atoms with Crippen molar-refractivity contribution in [2.45, 2.75) is 49.4 Å². The van der Waals surface area contributed by atoms with Crippen LogP contribution < -0.4 is 5.32 Å².